The van der Waals surface area contributed by atoms with Crippen LogP contribution in [0.15, 0.2) is 36.0 Å². The monoisotopic (exact) mass is 203 g/mol. The number of rotatable bonds is 3. The summed E-state index contributed by atoms with van der Waals surface area (Å²) in [6, 6.07) is 6.34. The van der Waals surface area contributed by atoms with Crippen LogP contribution < -0.4 is 0 Å². The fraction of sp³-hybridized carbons (Fsp3) is 0.250. The largest absolute Gasteiger partial charge is 0.265 e. The lowest BCUT2D eigenvalue weighted by atomic mass is 10.1. The third-order valence-electron chi connectivity index (χ3n) is 2.21. The van der Waals surface area contributed by atoms with Crippen molar-refractivity contribution in [2.24, 2.45) is 0 Å². The topological polar surface area (TPSA) is 12.9 Å². The van der Waals surface area contributed by atoms with E-state index in [4.69, 9.17) is 0 Å². The number of aromatic nitrogens is 1. The number of aryl methyl sites for hydroxylation is 1. The van der Waals surface area contributed by atoms with Crippen LogP contribution in [0.5, 0.6) is 0 Å². The Hall–Kier alpha value is -1.15. The molecular weight excluding hydrogens is 190 g/mol. The van der Waals surface area contributed by atoms with Crippen molar-refractivity contribution in [1.29, 1.82) is 0 Å². The second kappa shape index (κ2) is 4.38. The lowest BCUT2D eigenvalue weighted by Gasteiger charge is -2.01. The van der Waals surface area contributed by atoms with Crippen LogP contribution in [-0.2, 0) is 6.42 Å². The summed E-state index contributed by atoms with van der Waals surface area (Å²) in [5, 5.41) is 2.17. The Morgan fingerprint density at radius 1 is 1.21 bits per heavy atom. The highest BCUT2D eigenvalue weighted by atomic mass is 32.1. The van der Waals surface area contributed by atoms with Crippen LogP contribution in [-0.4, -0.2) is 4.98 Å². The molecule has 2 aromatic rings. The minimum absolute atomic E-state index is 1.18. The Balaban J connectivity index is 2.37. The fourth-order valence-corrected chi connectivity index (χ4v) is 2.55. The Bertz CT molecular complexity index is 392. The summed E-state index contributed by atoms with van der Waals surface area (Å²) in [7, 11) is 0. The smallest absolute Gasteiger partial charge is 0.0273 e. The Morgan fingerprint density at radius 2 is 2.00 bits per heavy atom. The first-order valence-corrected chi connectivity index (χ1v) is 5.76. The molecular formula is C12H13NS. The van der Waals surface area contributed by atoms with Crippen LogP contribution in [0.2, 0.25) is 0 Å². The van der Waals surface area contributed by atoms with Gasteiger partial charge < -0.3 is 0 Å². The molecule has 0 fully saturated rings. The molecule has 0 bridgehead atoms. The van der Waals surface area contributed by atoms with Crippen molar-refractivity contribution in [2.75, 3.05) is 0 Å². The summed E-state index contributed by atoms with van der Waals surface area (Å²) < 4.78 is 0. The highest BCUT2D eigenvalue weighted by molar-refractivity contribution is 7.10. The molecule has 2 rings (SSSR count). The lowest BCUT2D eigenvalue weighted by molar-refractivity contribution is 0.941. The van der Waals surface area contributed by atoms with E-state index in [-0.39, 0.29) is 0 Å². The molecule has 14 heavy (non-hydrogen) atoms. The Labute approximate surface area is 88.4 Å². The van der Waals surface area contributed by atoms with Crippen molar-refractivity contribution >= 4 is 11.3 Å². The number of pyridine rings is 1. The van der Waals surface area contributed by atoms with Gasteiger partial charge >= 0.3 is 0 Å². The molecule has 1 nitrogen and oxygen atoms in total. The van der Waals surface area contributed by atoms with Gasteiger partial charge in [-0.25, -0.2) is 0 Å². The van der Waals surface area contributed by atoms with Crippen molar-refractivity contribution < 1.29 is 0 Å². The molecule has 72 valence electrons. The van der Waals surface area contributed by atoms with Gasteiger partial charge in [0.15, 0.2) is 0 Å². The van der Waals surface area contributed by atoms with E-state index < -0.39 is 0 Å². The third-order valence-corrected chi connectivity index (χ3v) is 3.19. The Kier molecular flexibility index (Phi) is 2.94. The highest BCUT2D eigenvalue weighted by Gasteiger charge is 2.04. The van der Waals surface area contributed by atoms with E-state index in [9.17, 15) is 0 Å². The van der Waals surface area contributed by atoms with E-state index in [2.05, 4.69) is 35.5 Å². The summed E-state index contributed by atoms with van der Waals surface area (Å²) in [6.45, 7) is 2.22. The minimum atomic E-state index is 1.18. The molecule has 0 aliphatic heterocycles. The second-order valence-electron chi connectivity index (χ2n) is 3.24. The van der Waals surface area contributed by atoms with Crippen molar-refractivity contribution in [3.05, 3.63) is 40.8 Å². The van der Waals surface area contributed by atoms with Crippen molar-refractivity contribution in [2.45, 2.75) is 19.8 Å². The molecule has 0 atom stereocenters. The van der Waals surface area contributed by atoms with Crippen LogP contribution in [0.4, 0.5) is 0 Å². The van der Waals surface area contributed by atoms with E-state index in [1.807, 2.05) is 23.7 Å². The van der Waals surface area contributed by atoms with Gasteiger partial charge in [-0.15, -0.1) is 11.3 Å². The van der Waals surface area contributed by atoms with Crippen LogP contribution in [0.1, 0.15) is 18.2 Å². The summed E-state index contributed by atoms with van der Waals surface area (Å²) in [6.07, 6.45) is 6.08. The molecule has 0 aromatic carbocycles. The van der Waals surface area contributed by atoms with Gasteiger partial charge in [0.2, 0.25) is 0 Å². The molecule has 0 aliphatic rings. The lowest BCUT2D eigenvalue weighted by Crippen LogP contribution is -1.82. The molecule has 0 unspecified atom stereocenters. The van der Waals surface area contributed by atoms with Gasteiger partial charge in [-0.2, -0.15) is 0 Å². The summed E-state index contributed by atoms with van der Waals surface area (Å²) in [4.78, 5) is 5.52. The van der Waals surface area contributed by atoms with E-state index in [1.165, 1.54) is 28.8 Å². The molecule has 0 saturated heterocycles. The quantitative estimate of drug-likeness (QED) is 0.740. The molecule has 0 N–H and O–H groups in total. The van der Waals surface area contributed by atoms with Gasteiger partial charge in [0.25, 0.3) is 0 Å². The number of hydrogen-bond acceptors (Lipinski definition) is 2. The van der Waals surface area contributed by atoms with Gasteiger partial charge in [0.1, 0.15) is 0 Å². The van der Waals surface area contributed by atoms with E-state index in [0.29, 0.717) is 0 Å². The third kappa shape index (κ3) is 1.85. The van der Waals surface area contributed by atoms with Crippen LogP contribution in [0.25, 0.3) is 11.1 Å². The highest BCUT2D eigenvalue weighted by Crippen LogP contribution is 2.28. The van der Waals surface area contributed by atoms with Gasteiger partial charge in [0.05, 0.1) is 0 Å². The van der Waals surface area contributed by atoms with Gasteiger partial charge in [-0.1, -0.05) is 13.3 Å². The average molecular weight is 203 g/mol. The normalized spacial score (nSPS) is 10.4. The van der Waals surface area contributed by atoms with Crippen LogP contribution >= 0.6 is 11.3 Å². The fourth-order valence-electron chi connectivity index (χ4n) is 1.55. The first-order chi connectivity index (χ1) is 6.92. The molecule has 0 spiro atoms. The number of hydrogen-bond donors (Lipinski definition) is 0. The summed E-state index contributed by atoms with van der Waals surface area (Å²) >= 11 is 1.85. The number of nitrogens with zero attached hydrogens (tertiary/aromatic N) is 1. The first-order valence-electron chi connectivity index (χ1n) is 4.88. The summed E-state index contributed by atoms with van der Waals surface area (Å²) in [5.74, 6) is 0. The maximum atomic E-state index is 4.03. The SMILES string of the molecule is CCCc1sccc1-c1ccncc1. The van der Waals surface area contributed by atoms with Crippen molar-refractivity contribution in [3.63, 3.8) is 0 Å². The van der Waals surface area contributed by atoms with Gasteiger partial charge in [0, 0.05) is 17.3 Å². The zero-order valence-corrected chi connectivity index (χ0v) is 9.05. The van der Waals surface area contributed by atoms with E-state index >= 15 is 0 Å². The van der Waals surface area contributed by atoms with E-state index in [0.717, 1.165) is 0 Å². The molecule has 0 amide bonds. The van der Waals surface area contributed by atoms with Crippen LogP contribution in [0, 0.1) is 0 Å². The molecule has 0 radical (unpaired) electrons. The van der Waals surface area contributed by atoms with E-state index in [1.54, 1.807) is 0 Å². The number of thiophene rings is 1. The molecule has 0 saturated carbocycles. The zero-order chi connectivity index (χ0) is 9.80. The van der Waals surface area contributed by atoms with Crippen molar-refractivity contribution in [3.8, 4) is 11.1 Å². The maximum absolute atomic E-state index is 4.03. The van der Waals surface area contributed by atoms with Gasteiger partial charge in [-0.3, -0.25) is 4.98 Å². The average Bonchev–Trinajstić information content (AvgIpc) is 2.68. The van der Waals surface area contributed by atoms with Crippen LogP contribution in [0.3, 0.4) is 0 Å². The summed E-state index contributed by atoms with van der Waals surface area (Å²) in [5.41, 5.74) is 2.66. The first kappa shape index (κ1) is 9.41. The predicted molar refractivity (Wildman–Crippen MR) is 61.5 cm³/mol. The Morgan fingerprint density at radius 3 is 2.71 bits per heavy atom. The minimum Gasteiger partial charge on any atom is -0.265 e. The van der Waals surface area contributed by atoms with Gasteiger partial charge in [-0.05, 0) is 41.1 Å². The molecule has 2 aromatic heterocycles. The predicted octanol–water partition coefficient (Wildman–Crippen LogP) is 3.76. The second-order valence-corrected chi connectivity index (χ2v) is 4.24. The zero-order valence-electron chi connectivity index (χ0n) is 8.23. The van der Waals surface area contributed by atoms with Crippen molar-refractivity contribution in [1.82, 2.24) is 4.98 Å². The standard InChI is InChI=1S/C12H13NS/c1-2-3-12-11(6-9-14-12)10-4-7-13-8-5-10/h4-9H,2-3H2,1H3. The molecule has 0 aliphatic carbocycles. The molecule has 2 heterocycles. The molecule has 2 heteroatoms. The maximum Gasteiger partial charge on any atom is 0.0273 e.